The molecule has 5 rings (SSSR count). The normalized spacial score (nSPS) is 14.4. The molecule has 1 aliphatic rings. The fraction of sp³-hybridized carbons (Fsp3) is 0.269. The first kappa shape index (κ1) is 21.8. The lowest BCUT2D eigenvalue weighted by Gasteiger charge is -2.25. The van der Waals surface area contributed by atoms with Crippen molar-refractivity contribution in [3.63, 3.8) is 0 Å². The fourth-order valence-corrected chi connectivity index (χ4v) is 4.79. The summed E-state index contributed by atoms with van der Waals surface area (Å²) in [7, 11) is 0. The number of piperidine rings is 1. The van der Waals surface area contributed by atoms with Crippen LogP contribution >= 0.6 is 15.9 Å². The highest BCUT2D eigenvalue weighted by molar-refractivity contribution is 9.10. The molecule has 3 heterocycles. The summed E-state index contributed by atoms with van der Waals surface area (Å²) in [6.07, 6.45) is 5.93. The number of anilines is 2. The minimum absolute atomic E-state index is 0.392. The van der Waals surface area contributed by atoms with Crippen LogP contribution in [0, 0.1) is 13.8 Å². The van der Waals surface area contributed by atoms with Crippen molar-refractivity contribution in [2.24, 2.45) is 0 Å². The molecule has 0 saturated carbocycles. The topological polar surface area (TPSA) is 67.7 Å². The molecule has 33 heavy (non-hydrogen) atoms. The third kappa shape index (κ3) is 4.84. The molecule has 0 atom stereocenters. The van der Waals surface area contributed by atoms with E-state index in [1.807, 2.05) is 18.6 Å². The zero-order chi connectivity index (χ0) is 22.8. The van der Waals surface area contributed by atoms with Crippen LogP contribution < -0.4 is 10.6 Å². The second kappa shape index (κ2) is 9.45. The highest BCUT2D eigenvalue weighted by Gasteiger charge is 2.23. The summed E-state index contributed by atoms with van der Waals surface area (Å²) in [5.74, 6) is 0.581. The third-order valence-corrected chi connectivity index (χ3v) is 6.52. The van der Waals surface area contributed by atoms with Gasteiger partial charge in [-0.15, -0.1) is 0 Å². The van der Waals surface area contributed by atoms with E-state index in [1.165, 1.54) is 11.1 Å². The van der Waals surface area contributed by atoms with Crippen molar-refractivity contribution >= 4 is 27.6 Å². The Morgan fingerprint density at radius 1 is 0.970 bits per heavy atom. The molecule has 6 nitrogen and oxygen atoms in total. The zero-order valence-electron chi connectivity index (χ0n) is 18.8. The average Bonchev–Trinajstić information content (AvgIpc) is 3.25. The second-order valence-corrected chi connectivity index (χ2v) is 9.52. The molecule has 2 aromatic carbocycles. The van der Waals surface area contributed by atoms with E-state index >= 15 is 0 Å². The molecule has 0 amide bonds. The first-order valence-corrected chi connectivity index (χ1v) is 12.1. The number of aryl methyl sites for hydroxylation is 2. The van der Waals surface area contributed by atoms with Gasteiger partial charge in [0, 0.05) is 28.0 Å². The predicted octanol–water partition coefficient (Wildman–Crippen LogP) is 6.05. The first-order valence-electron chi connectivity index (χ1n) is 11.3. The fourth-order valence-electron chi connectivity index (χ4n) is 4.52. The summed E-state index contributed by atoms with van der Waals surface area (Å²) in [5.41, 5.74) is 7.32. The van der Waals surface area contributed by atoms with Crippen LogP contribution in [-0.2, 0) is 0 Å². The van der Waals surface area contributed by atoms with Crippen molar-refractivity contribution in [2.75, 3.05) is 18.4 Å². The smallest absolute Gasteiger partial charge is 0.227 e. The zero-order valence-corrected chi connectivity index (χ0v) is 20.4. The summed E-state index contributed by atoms with van der Waals surface area (Å²) in [6.45, 7) is 6.22. The summed E-state index contributed by atoms with van der Waals surface area (Å²) in [6, 6.07) is 17.0. The average molecular weight is 503 g/mol. The molecule has 0 spiro atoms. The second-order valence-electron chi connectivity index (χ2n) is 8.60. The number of hydrogen-bond donors (Lipinski definition) is 2. The van der Waals surface area contributed by atoms with E-state index in [9.17, 15) is 0 Å². The SMILES string of the molecule is Cc1cc(C)cc(Nc2nccc(-c3c(-c4ccc(Br)cc4)ncn3C3CCNCC3)n2)c1. The Morgan fingerprint density at radius 2 is 1.70 bits per heavy atom. The van der Waals surface area contributed by atoms with Crippen molar-refractivity contribution in [3.05, 3.63) is 76.7 Å². The lowest BCUT2D eigenvalue weighted by molar-refractivity contribution is 0.370. The van der Waals surface area contributed by atoms with Gasteiger partial charge in [0.25, 0.3) is 0 Å². The molecule has 0 radical (unpaired) electrons. The molecular weight excluding hydrogens is 476 g/mol. The minimum Gasteiger partial charge on any atom is -0.326 e. The maximum atomic E-state index is 4.92. The molecule has 0 unspecified atom stereocenters. The van der Waals surface area contributed by atoms with Gasteiger partial charge in [-0.05, 0) is 81.2 Å². The maximum Gasteiger partial charge on any atom is 0.227 e. The van der Waals surface area contributed by atoms with E-state index in [2.05, 4.69) is 92.4 Å². The van der Waals surface area contributed by atoms with Gasteiger partial charge in [-0.25, -0.2) is 15.0 Å². The molecule has 4 aromatic rings. The Kier molecular flexibility index (Phi) is 6.24. The van der Waals surface area contributed by atoms with Crippen LogP contribution in [0.1, 0.15) is 30.0 Å². The largest absolute Gasteiger partial charge is 0.326 e. The van der Waals surface area contributed by atoms with E-state index in [-0.39, 0.29) is 0 Å². The summed E-state index contributed by atoms with van der Waals surface area (Å²) >= 11 is 3.54. The molecule has 1 fully saturated rings. The van der Waals surface area contributed by atoms with Gasteiger partial charge in [0.05, 0.1) is 23.4 Å². The predicted molar refractivity (Wildman–Crippen MR) is 137 cm³/mol. The summed E-state index contributed by atoms with van der Waals surface area (Å²) < 4.78 is 3.36. The van der Waals surface area contributed by atoms with Crippen LogP contribution in [0.2, 0.25) is 0 Å². The number of hydrogen-bond acceptors (Lipinski definition) is 5. The number of imidazole rings is 1. The number of benzene rings is 2. The van der Waals surface area contributed by atoms with E-state index < -0.39 is 0 Å². The van der Waals surface area contributed by atoms with Crippen LogP contribution in [0.3, 0.4) is 0 Å². The third-order valence-electron chi connectivity index (χ3n) is 5.99. The monoisotopic (exact) mass is 502 g/mol. The van der Waals surface area contributed by atoms with Crippen molar-refractivity contribution in [1.29, 1.82) is 0 Å². The van der Waals surface area contributed by atoms with Crippen molar-refractivity contribution in [1.82, 2.24) is 24.8 Å². The quantitative estimate of drug-likeness (QED) is 0.347. The highest BCUT2D eigenvalue weighted by atomic mass is 79.9. The number of rotatable bonds is 5. The highest BCUT2D eigenvalue weighted by Crippen LogP contribution is 2.35. The molecule has 2 aromatic heterocycles. The number of nitrogens with zero attached hydrogens (tertiary/aromatic N) is 4. The van der Waals surface area contributed by atoms with Gasteiger partial charge < -0.3 is 15.2 Å². The molecule has 1 aliphatic heterocycles. The van der Waals surface area contributed by atoms with Gasteiger partial charge in [0.2, 0.25) is 5.95 Å². The lowest BCUT2D eigenvalue weighted by Crippen LogP contribution is -2.29. The van der Waals surface area contributed by atoms with E-state index in [1.54, 1.807) is 0 Å². The van der Waals surface area contributed by atoms with Crippen molar-refractivity contribution in [3.8, 4) is 22.6 Å². The standard InChI is InChI=1S/C26H27BrN6/c1-17-13-18(2)15-21(14-17)31-26-29-12-9-23(32-26)25-24(19-3-5-20(27)6-4-19)30-16-33(25)22-7-10-28-11-8-22/h3-6,9,12-16,22,28H,7-8,10-11H2,1-2H3,(H,29,31,32). The number of nitrogens with one attached hydrogen (secondary N) is 2. The molecule has 0 aliphatic carbocycles. The van der Waals surface area contributed by atoms with Crippen LogP contribution in [0.4, 0.5) is 11.6 Å². The van der Waals surface area contributed by atoms with Crippen LogP contribution in [0.25, 0.3) is 22.6 Å². The van der Waals surface area contributed by atoms with E-state index in [4.69, 9.17) is 9.97 Å². The minimum atomic E-state index is 0.392. The Hall–Kier alpha value is -3.03. The van der Waals surface area contributed by atoms with Crippen LogP contribution in [-0.4, -0.2) is 32.6 Å². The van der Waals surface area contributed by atoms with E-state index in [0.29, 0.717) is 12.0 Å². The molecule has 0 bridgehead atoms. The van der Waals surface area contributed by atoms with Crippen LogP contribution in [0.5, 0.6) is 0 Å². The van der Waals surface area contributed by atoms with Crippen LogP contribution in [0.15, 0.2) is 65.5 Å². The Labute approximate surface area is 202 Å². The van der Waals surface area contributed by atoms with Gasteiger partial charge in [-0.1, -0.05) is 34.1 Å². The van der Waals surface area contributed by atoms with Gasteiger partial charge in [-0.3, -0.25) is 0 Å². The number of halogens is 1. The van der Waals surface area contributed by atoms with Gasteiger partial charge in [0.15, 0.2) is 0 Å². The van der Waals surface area contributed by atoms with Crippen molar-refractivity contribution in [2.45, 2.75) is 32.7 Å². The first-order chi connectivity index (χ1) is 16.1. The molecule has 168 valence electrons. The van der Waals surface area contributed by atoms with Gasteiger partial charge in [0.1, 0.15) is 0 Å². The van der Waals surface area contributed by atoms with E-state index in [0.717, 1.165) is 58.7 Å². The molecule has 2 N–H and O–H groups in total. The molecule has 7 heteroatoms. The summed E-state index contributed by atoms with van der Waals surface area (Å²) in [4.78, 5) is 14.3. The van der Waals surface area contributed by atoms with Crippen molar-refractivity contribution < 1.29 is 0 Å². The number of aromatic nitrogens is 4. The molecule has 1 saturated heterocycles. The Bertz CT molecular complexity index is 1240. The Balaban J connectivity index is 1.57. The van der Waals surface area contributed by atoms with Gasteiger partial charge in [-0.2, -0.15) is 0 Å². The molecular formula is C26H27BrN6. The summed E-state index contributed by atoms with van der Waals surface area (Å²) in [5, 5.41) is 6.84. The maximum absolute atomic E-state index is 4.92. The lowest BCUT2D eigenvalue weighted by atomic mass is 10.0. The van der Waals surface area contributed by atoms with Gasteiger partial charge >= 0.3 is 0 Å². The Morgan fingerprint density at radius 3 is 2.42 bits per heavy atom.